The minimum absolute atomic E-state index is 0.173. The highest BCUT2D eigenvalue weighted by Gasteiger charge is 2.19. The van der Waals surface area contributed by atoms with Crippen LogP contribution in [-0.4, -0.2) is 29.3 Å². The maximum atomic E-state index is 12.8. The molecule has 0 aliphatic carbocycles. The van der Waals surface area contributed by atoms with E-state index in [1.807, 2.05) is 42.5 Å². The van der Waals surface area contributed by atoms with Gasteiger partial charge in [-0.2, -0.15) is 5.10 Å². The molecule has 5 nitrogen and oxygen atoms in total. The number of aromatic nitrogens is 2. The standard InChI is InChI=1S/C22H24ClN3O2/c1-15(2)12-13-24-22(27)21-14-19(16-8-10-17(28-3)11-9-16)25-26(21)20-7-5-4-6-18(20)23/h4-11,14-15H,12-13H2,1-3H3,(H,24,27). The average molecular weight is 398 g/mol. The minimum Gasteiger partial charge on any atom is -0.497 e. The zero-order chi connectivity index (χ0) is 20.1. The van der Waals surface area contributed by atoms with Gasteiger partial charge in [-0.05, 0) is 54.8 Å². The zero-order valence-corrected chi connectivity index (χ0v) is 17.0. The van der Waals surface area contributed by atoms with Crippen molar-refractivity contribution in [3.8, 4) is 22.7 Å². The van der Waals surface area contributed by atoms with Crippen molar-refractivity contribution >= 4 is 17.5 Å². The van der Waals surface area contributed by atoms with Gasteiger partial charge < -0.3 is 10.1 Å². The summed E-state index contributed by atoms with van der Waals surface area (Å²) in [6, 6.07) is 16.7. The van der Waals surface area contributed by atoms with Gasteiger partial charge in [0, 0.05) is 12.1 Å². The molecule has 1 heterocycles. The molecule has 28 heavy (non-hydrogen) atoms. The monoisotopic (exact) mass is 397 g/mol. The van der Waals surface area contributed by atoms with Crippen LogP contribution in [0.25, 0.3) is 16.9 Å². The Morgan fingerprint density at radius 3 is 2.54 bits per heavy atom. The van der Waals surface area contributed by atoms with E-state index in [4.69, 9.17) is 16.3 Å². The van der Waals surface area contributed by atoms with Crippen LogP contribution in [0.5, 0.6) is 5.75 Å². The van der Waals surface area contributed by atoms with Crippen molar-refractivity contribution in [1.29, 1.82) is 0 Å². The largest absolute Gasteiger partial charge is 0.497 e. The third-order valence-electron chi connectivity index (χ3n) is 4.42. The van der Waals surface area contributed by atoms with Crippen molar-refractivity contribution < 1.29 is 9.53 Å². The topological polar surface area (TPSA) is 56.1 Å². The molecule has 0 unspecified atom stereocenters. The summed E-state index contributed by atoms with van der Waals surface area (Å²) in [5, 5.41) is 8.17. The first-order chi connectivity index (χ1) is 13.5. The molecule has 0 radical (unpaired) electrons. The maximum absolute atomic E-state index is 12.8. The first-order valence-electron chi connectivity index (χ1n) is 9.27. The van der Waals surface area contributed by atoms with E-state index in [-0.39, 0.29) is 5.91 Å². The first-order valence-corrected chi connectivity index (χ1v) is 9.65. The molecule has 0 bridgehead atoms. The quantitative estimate of drug-likeness (QED) is 0.611. The highest BCUT2D eigenvalue weighted by atomic mass is 35.5. The van der Waals surface area contributed by atoms with E-state index in [0.29, 0.717) is 34.6 Å². The van der Waals surface area contributed by atoms with Gasteiger partial charge in [0.25, 0.3) is 5.91 Å². The zero-order valence-electron chi connectivity index (χ0n) is 16.3. The number of nitrogens with zero attached hydrogens (tertiary/aromatic N) is 2. The average Bonchev–Trinajstić information content (AvgIpc) is 3.13. The molecule has 0 saturated carbocycles. The first kappa shape index (κ1) is 20.0. The van der Waals surface area contributed by atoms with Crippen LogP contribution in [0.1, 0.15) is 30.8 Å². The number of carbonyl (C=O) groups excluding carboxylic acids is 1. The summed E-state index contributed by atoms with van der Waals surface area (Å²) < 4.78 is 6.82. The number of nitrogens with one attached hydrogen (secondary N) is 1. The minimum atomic E-state index is -0.173. The van der Waals surface area contributed by atoms with E-state index < -0.39 is 0 Å². The molecular weight excluding hydrogens is 374 g/mol. The Kier molecular flexibility index (Phi) is 6.37. The lowest BCUT2D eigenvalue weighted by Crippen LogP contribution is -2.27. The van der Waals surface area contributed by atoms with Crippen molar-refractivity contribution in [2.75, 3.05) is 13.7 Å². The molecule has 0 aliphatic heterocycles. The molecule has 3 rings (SSSR count). The Bertz CT molecular complexity index is 949. The fourth-order valence-corrected chi connectivity index (χ4v) is 3.03. The third-order valence-corrected chi connectivity index (χ3v) is 4.74. The number of amides is 1. The van der Waals surface area contributed by atoms with Crippen LogP contribution in [0.3, 0.4) is 0 Å². The molecule has 0 saturated heterocycles. The number of hydrogen-bond donors (Lipinski definition) is 1. The smallest absolute Gasteiger partial charge is 0.270 e. The summed E-state index contributed by atoms with van der Waals surface area (Å²) in [7, 11) is 1.63. The molecule has 146 valence electrons. The summed E-state index contributed by atoms with van der Waals surface area (Å²) in [5.41, 5.74) is 2.69. The summed E-state index contributed by atoms with van der Waals surface area (Å²) in [5.74, 6) is 1.11. The lowest BCUT2D eigenvalue weighted by molar-refractivity contribution is 0.0944. The molecule has 1 aromatic heterocycles. The van der Waals surface area contributed by atoms with Crippen molar-refractivity contribution in [3.05, 3.63) is 65.3 Å². The molecular formula is C22H24ClN3O2. The number of rotatable bonds is 7. The Morgan fingerprint density at radius 1 is 1.18 bits per heavy atom. The van der Waals surface area contributed by atoms with E-state index >= 15 is 0 Å². The molecule has 0 aliphatic rings. The predicted molar refractivity (Wildman–Crippen MR) is 112 cm³/mol. The van der Waals surface area contributed by atoms with E-state index in [0.717, 1.165) is 17.7 Å². The van der Waals surface area contributed by atoms with Gasteiger partial charge in [0.1, 0.15) is 11.4 Å². The van der Waals surface area contributed by atoms with Crippen molar-refractivity contribution in [2.24, 2.45) is 5.92 Å². The second-order valence-corrected chi connectivity index (χ2v) is 7.35. The Morgan fingerprint density at radius 2 is 1.89 bits per heavy atom. The molecule has 0 atom stereocenters. The maximum Gasteiger partial charge on any atom is 0.270 e. The second kappa shape index (κ2) is 8.93. The number of ether oxygens (including phenoxy) is 1. The van der Waals surface area contributed by atoms with Crippen LogP contribution in [0.4, 0.5) is 0 Å². The molecule has 1 amide bonds. The van der Waals surface area contributed by atoms with E-state index in [1.54, 1.807) is 23.9 Å². The number of halogens is 1. The summed E-state index contributed by atoms with van der Waals surface area (Å²) in [6.45, 7) is 4.87. The van der Waals surface area contributed by atoms with Crippen LogP contribution >= 0.6 is 11.6 Å². The highest BCUT2D eigenvalue weighted by molar-refractivity contribution is 6.32. The van der Waals surface area contributed by atoms with Gasteiger partial charge >= 0.3 is 0 Å². The van der Waals surface area contributed by atoms with Gasteiger partial charge in [-0.1, -0.05) is 37.6 Å². The molecule has 0 fully saturated rings. The number of benzene rings is 2. The molecule has 3 aromatic rings. The third kappa shape index (κ3) is 4.54. The number of hydrogen-bond acceptors (Lipinski definition) is 3. The van der Waals surface area contributed by atoms with Gasteiger partial charge in [-0.25, -0.2) is 4.68 Å². The predicted octanol–water partition coefficient (Wildman–Crippen LogP) is 4.98. The van der Waals surface area contributed by atoms with Crippen molar-refractivity contribution in [2.45, 2.75) is 20.3 Å². The van der Waals surface area contributed by atoms with Crippen LogP contribution in [0, 0.1) is 5.92 Å². The lowest BCUT2D eigenvalue weighted by Gasteiger charge is -2.10. The summed E-state index contributed by atoms with van der Waals surface area (Å²) in [4.78, 5) is 12.8. The van der Waals surface area contributed by atoms with Gasteiger partial charge in [-0.3, -0.25) is 4.79 Å². The highest BCUT2D eigenvalue weighted by Crippen LogP contribution is 2.26. The number of carbonyl (C=O) groups is 1. The van der Waals surface area contributed by atoms with Crippen molar-refractivity contribution in [3.63, 3.8) is 0 Å². The lowest BCUT2D eigenvalue weighted by atomic mass is 10.1. The Hall–Kier alpha value is -2.79. The molecule has 0 spiro atoms. The van der Waals surface area contributed by atoms with E-state index in [9.17, 15) is 4.79 Å². The van der Waals surface area contributed by atoms with Crippen LogP contribution < -0.4 is 10.1 Å². The fraction of sp³-hybridized carbons (Fsp3) is 0.273. The van der Waals surface area contributed by atoms with E-state index in [1.165, 1.54) is 0 Å². The van der Waals surface area contributed by atoms with Crippen molar-refractivity contribution in [1.82, 2.24) is 15.1 Å². The Balaban J connectivity index is 1.99. The Labute approximate surface area is 170 Å². The number of methoxy groups -OCH3 is 1. The normalized spacial score (nSPS) is 10.9. The number of para-hydroxylation sites is 1. The van der Waals surface area contributed by atoms with Gasteiger partial charge in [0.05, 0.1) is 23.5 Å². The van der Waals surface area contributed by atoms with Crippen LogP contribution in [-0.2, 0) is 0 Å². The van der Waals surface area contributed by atoms with Crippen LogP contribution in [0.2, 0.25) is 5.02 Å². The van der Waals surface area contributed by atoms with Gasteiger partial charge in [-0.15, -0.1) is 0 Å². The van der Waals surface area contributed by atoms with Gasteiger partial charge in [0.2, 0.25) is 0 Å². The molecule has 1 N–H and O–H groups in total. The van der Waals surface area contributed by atoms with E-state index in [2.05, 4.69) is 24.3 Å². The molecule has 6 heteroatoms. The molecule has 2 aromatic carbocycles. The summed E-state index contributed by atoms with van der Waals surface area (Å²) in [6.07, 6.45) is 0.914. The fourth-order valence-electron chi connectivity index (χ4n) is 2.82. The van der Waals surface area contributed by atoms with Crippen LogP contribution in [0.15, 0.2) is 54.6 Å². The van der Waals surface area contributed by atoms with Gasteiger partial charge in [0.15, 0.2) is 0 Å². The second-order valence-electron chi connectivity index (χ2n) is 6.94. The SMILES string of the molecule is COc1ccc(-c2cc(C(=O)NCCC(C)C)n(-c3ccccc3Cl)n2)cc1. The summed E-state index contributed by atoms with van der Waals surface area (Å²) >= 11 is 6.37.